The lowest BCUT2D eigenvalue weighted by molar-refractivity contribution is -0.148. The Bertz CT molecular complexity index is 1060. The smallest absolute Gasteiger partial charge is 0.306 e. The number of aliphatic hydroxyl groups excluding tert-OH is 2. The minimum Gasteiger partial charge on any atom is -0.458 e. The lowest BCUT2D eigenvalue weighted by Gasteiger charge is -2.23. The molecule has 342 valence electrons. The van der Waals surface area contributed by atoms with Crippen LogP contribution in [0.1, 0.15) is 239 Å². The van der Waals surface area contributed by atoms with E-state index >= 15 is 0 Å². The molecule has 0 aliphatic carbocycles. The fourth-order valence-electron chi connectivity index (χ4n) is 7.33. The minimum atomic E-state index is -0.818. The van der Waals surface area contributed by atoms with Gasteiger partial charge in [-0.15, -0.1) is 0 Å². The van der Waals surface area contributed by atoms with E-state index < -0.39 is 18.2 Å². The summed E-state index contributed by atoms with van der Waals surface area (Å²) >= 11 is 0. The molecule has 0 saturated heterocycles. The Hall–Kier alpha value is -2.44. The van der Waals surface area contributed by atoms with E-state index in [1.807, 2.05) is 6.08 Å². The number of nitrogens with one attached hydrogen (secondary N) is 1. The van der Waals surface area contributed by atoms with Crippen molar-refractivity contribution < 1.29 is 24.5 Å². The van der Waals surface area contributed by atoms with Crippen LogP contribution in [-0.2, 0) is 14.3 Å². The first kappa shape index (κ1) is 56.6. The second-order valence-electron chi connectivity index (χ2n) is 16.8. The van der Waals surface area contributed by atoms with Crippen molar-refractivity contribution in [2.24, 2.45) is 0 Å². The molecule has 0 aliphatic rings. The van der Waals surface area contributed by atoms with Crippen LogP contribution in [0.3, 0.4) is 0 Å². The summed E-state index contributed by atoms with van der Waals surface area (Å²) in [6, 6.07) is -0.740. The van der Waals surface area contributed by atoms with E-state index in [2.05, 4.69) is 74.7 Å². The molecule has 3 unspecified atom stereocenters. The molecule has 3 atom stereocenters. The number of rotatable bonds is 44. The summed E-state index contributed by atoms with van der Waals surface area (Å²) in [7, 11) is 0. The van der Waals surface area contributed by atoms with Crippen molar-refractivity contribution in [2.75, 3.05) is 6.61 Å². The second-order valence-corrected chi connectivity index (χ2v) is 16.8. The topological polar surface area (TPSA) is 95.9 Å². The van der Waals surface area contributed by atoms with Crippen LogP contribution >= 0.6 is 0 Å². The zero-order valence-electron chi connectivity index (χ0n) is 38.9. The summed E-state index contributed by atoms with van der Waals surface area (Å²) in [5, 5.41) is 23.7. The fourth-order valence-corrected chi connectivity index (χ4v) is 7.33. The number of hydrogen-bond acceptors (Lipinski definition) is 5. The van der Waals surface area contributed by atoms with E-state index in [0.29, 0.717) is 19.3 Å². The maximum absolute atomic E-state index is 13.1. The first-order valence-electron chi connectivity index (χ1n) is 25.0. The summed E-state index contributed by atoms with van der Waals surface area (Å²) in [5.74, 6) is -0.624. The Kier molecular flexibility index (Phi) is 44.7. The van der Waals surface area contributed by atoms with E-state index in [0.717, 1.165) is 64.2 Å². The summed E-state index contributed by atoms with van der Waals surface area (Å²) in [6.07, 6.45) is 57.4. The summed E-state index contributed by atoms with van der Waals surface area (Å²) < 4.78 is 5.81. The van der Waals surface area contributed by atoms with Gasteiger partial charge in [0.15, 0.2) is 0 Å². The van der Waals surface area contributed by atoms with Gasteiger partial charge in [-0.1, -0.05) is 236 Å². The Morgan fingerprint density at radius 3 is 1.29 bits per heavy atom. The fraction of sp³-hybridized carbons (Fsp3) is 0.774. The number of unbranched alkanes of at least 4 members (excludes halogenated alkanes) is 24. The maximum atomic E-state index is 13.1. The molecule has 0 saturated carbocycles. The van der Waals surface area contributed by atoms with E-state index in [-0.39, 0.29) is 24.9 Å². The first-order valence-corrected chi connectivity index (χ1v) is 25.0. The number of amides is 1. The third-order valence-electron chi connectivity index (χ3n) is 11.1. The van der Waals surface area contributed by atoms with Crippen LogP contribution in [0, 0.1) is 0 Å². The van der Waals surface area contributed by atoms with Gasteiger partial charge in [0.05, 0.1) is 25.2 Å². The van der Waals surface area contributed by atoms with Gasteiger partial charge in [0.2, 0.25) is 5.91 Å². The summed E-state index contributed by atoms with van der Waals surface area (Å²) in [6.45, 7) is 6.33. The van der Waals surface area contributed by atoms with Gasteiger partial charge < -0.3 is 20.3 Å². The highest BCUT2D eigenvalue weighted by Gasteiger charge is 2.23. The lowest BCUT2D eigenvalue weighted by atomic mass is 10.0. The van der Waals surface area contributed by atoms with Crippen LogP contribution in [0.25, 0.3) is 0 Å². The third kappa shape index (κ3) is 42.1. The Balaban J connectivity index is 4.72. The van der Waals surface area contributed by atoms with Crippen molar-refractivity contribution in [2.45, 2.75) is 257 Å². The highest BCUT2D eigenvalue weighted by atomic mass is 16.5. The number of carbonyl (C=O) groups is 2. The molecule has 59 heavy (non-hydrogen) atoms. The average Bonchev–Trinajstić information content (AvgIpc) is 3.23. The van der Waals surface area contributed by atoms with Crippen molar-refractivity contribution in [1.29, 1.82) is 0 Å². The molecule has 0 aromatic rings. The van der Waals surface area contributed by atoms with Gasteiger partial charge in [-0.25, -0.2) is 0 Å². The third-order valence-corrected chi connectivity index (χ3v) is 11.1. The first-order chi connectivity index (χ1) is 29.0. The molecule has 0 heterocycles. The highest BCUT2D eigenvalue weighted by molar-refractivity contribution is 5.78. The van der Waals surface area contributed by atoms with E-state index in [4.69, 9.17) is 4.74 Å². The highest BCUT2D eigenvalue weighted by Crippen LogP contribution is 2.16. The minimum absolute atomic E-state index is 0.0446. The molecule has 3 N–H and O–H groups in total. The van der Waals surface area contributed by atoms with Gasteiger partial charge in [0.1, 0.15) is 6.10 Å². The van der Waals surface area contributed by atoms with Crippen molar-refractivity contribution >= 4 is 11.9 Å². The van der Waals surface area contributed by atoms with Gasteiger partial charge in [0.25, 0.3) is 0 Å². The van der Waals surface area contributed by atoms with Crippen LogP contribution < -0.4 is 5.32 Å². The average molecular weight is 826 g/mol. The number of esters is 1. The number of hydrogen-bond donors (Lipinski definition) is 3. The lowest BCUT2D eigenvalue weighted by Crippen LogP contribution is -2.46. The molecule has 0 rings (SSSR count). The Morgan fingerprint density at radius 2 is 0.881 bits per heavy atom. The SMILES string of the molecule is CC/C=C/C/C=C/C/C=C/C/C=C/C/C=C/C(CC(=O)NC(CO)C(O)CCCCCCCCCCCCCCC)OC(=O)CCCCCCCCCCCCCCC. The van der Waals surface area contributed by atoms with E-state index in [9.17, 15) is 19.8 Å². The van der Waals surface area contributed by atoms with Gasteiger partial charge in [-0.3, -0.25) is 9.59 Å². The van der Waals surface area contributed by atoms with Crippen molar-refractivity contribution in [3.8, 4) is 0 Å². The number of allylic oxidation sites excluding steroid dienone is 9. The standard InChI is InChI=1S/C53H95NO5/c1-4-7-10-13-16-19-22-25-28-29-32-35-38-41-44-49(59-53(58)46-43-40-37-34-31-27-24-21-18-15-12-9-6-3)47-52(57)54-50(48-55)51(56)45-42-39-36-33-30-26-23-20-17-14-11-8-5-2/h7,10,16,19,25,28,32,35,41,44,49-51,55-56H,4-6,8-9,11-15,17-18,20-24,26-27,29-31,33-34,36-40,42-43,45-48H2,1-3H3,(H,54,57)/b10-7+,19-16+,28-25+,35-32+,44-41+. The number of aliphatic hydroxyl groups is 2. The molecular weight excluding hydrogens is 731 g/mol. The molecule has 0 aliphatic heterocycles. The van der Waals surface area contributed by atoms with Gasteiger partial charge in [0, 0.05) is 6.42 Å². The summed E-state index contributed by atoms with van der Waals surface area (Å²) in [4.78, 5) is 26.0. The second kappa shape index (κ2) is 46.6. The van der Waals surface area contributed by atoms with E-state index in [1.54, 1.807) is 6.08 Å². The zero-order chi connectivity index (χ0) is 43.1. The molecule has 0 bridgehead atoms. The number of ether oxygens (including phenoxy) is 1. The predicted octanol–water partition coefficient (Wildman–Crippen LogP) is 14.8. The van der Waals surface area contributed by atoms with Crippen LogP contribution in [0.15, 0.2) is 60.8 Å². The van der Waals surface area contributed by atoms with Gasteiger partial charge in [-0.05, 0) is 51.0 Å². The van der Waals surface area contributed by atoms with Crippen LogP contribution in [0.2, 0.25) is 0 Å². The molecule has 0 fully saturated rings. The summed E-state index contributed by atoms with van der Waals surface area (Å²) in [5.41, 5.74) is 0. The normalized spacial score (nSPS) is 13.8. The Morgan fingerprint density at radius 1 is 0.508 bits per heavy atom. The van der Waals surface area contributed by atoms with Gasteiger partial charge >= 0.3 is 5.97 Å². The molecule has 6 heteroatoms. The van der Waals surface area contributed by atoms with Gasteiger partial charge in [-0.2, -0.15) is 0 Å². The zero-order valence-corrected chi connectivity index (χ0v) is 38.9. The molecular formula is C53H95NO5. The number of carbonyl (C=O) groups excluding carboxylic acids is 2. The quantitative estimate of drug-likeness (QED) is 0.0323. The predicted molar refractivity (Wildman–Crippen MR) is 255 cm³/mol. The molecule has 0 radical (unpaired) electrons. The van der Waals surface area contributed by atoms with E-state index in [1.165, 1.54) is 128 Å². The monoisotopic (exact) mass is 826 g/mol. The largest absolute Gasteiger partial charge is 0.458 e. The molecule has 0 spiro atoms. The van der Waals surface area contributed by atoms with Crippen molar-refractivity contribution in [3.63, 3.8) is 0 Å². The van der Waals surface area contributed by atoms with Crippen molar-refractivity contribution in [1.82, 2.24) is 5.32 Å². The van der Waals surface area contributed by atoms with Crippen LogP contribution in [0.5, 0.6) is 0 Å². The molecule has 0 aromatic heterocycles. The molecule has 1 amide bonds. The van der Waals surface area contributed by atoms with Crippen LogP contribution in [0.4, 0.5) is 0 Å². The molecule has 6 nitrogen and oxygen atoms in total. The van der Waals surface area contributed by atoms with Crippen LogP contribution in [-0.4, -0.2) is 46.9 Å². The molecule has 0 aromatic carbocycles. The Labute approximate surface area is 365 Å². The van der Waals surface area contributed by atoms with Crippen molar-refractivity contribution in [3.05, 3.63) is 60.8 Å². The maximum Gasteiger partial charge on any atom is 0.306 e.